The van der Waals surface area contributed by atoms with Crippen molar-refractivity contribution >= 4 is 49.4 Å². The Morgan fingerprint density at radius 3 is 2.29 bits per heavy atom. The molecule has 1 heterocycles. The second-order valence-corrected chi connectivity index (χ2v) is 9.19. The van der Waals surface area contributed by atoms with Gasteiger partial charge in [-0.25, -0.2) is 0 Å². The second-order valence-electron chi connectivity index (χ2n) is 6.73. The smallest absolute Gasteiger partial charge is 0.339 e. The van der Waals surface area contributed by atoms with E-state index < -0.39 is 10.1 Å². The van der Waals surface area contributed by atoms with Gasteiger partial charge in [-0.05, 0) is 55.5 Å². The molecule has 0 radical (unpaired) electrons. The molecule has 0 aromatic heterocycles. The lowest BCUT2D eigenvalue weighted by molar-refractivity contribution is -0.114. The van der Waals surface area contributed by atoms with Crippen LogP contribution in [0.3, 0.4) is 0 Å². The highest BCUT2D eigenvalue weighted by atomic mass is 79.9. The van der Waals surface area contributed by atoms with E-state index in [2.05, 4.69) is 21.0 Å². The van der Waals surface area contributed by atoms with Crippen LogP contribution in [-0.4, -0.2) is 20.0 Å². The van der Waals surface area contributed by atoms with Crippen LogP contribution in [0.25, 0.3) is 6.08 Å². The van der Waals surface area contributed by atoms with Crippen LogP contribution < -0.4 is 9.19 Å². The van der Waals surface area contributed by atoms with Gasteiger partial charge < -0.3 is 4.18 Å². The van der Waals surface area contributed by atoms with E-state index >= 15 is 0 Å². The maximum absolute atomic E-state index is 13.0. The standard InChI is InChI=1S/C23H17BrN2O4S/c1-16-21(23(27)26(25-16)19-8-4-2-5-9-19)15-17-14-18(24)12-13-22(17)30-31(28,29)20-10-6-3-7-11-20/h2-15H,1H3/b21-15+. The minimum atomic E-state index is -4.03. The summed E-state index contributed by atoms with van der Waals surface area (Å²) in [6, 6.07) is 21.9. The minimum absolute atomic E-state index is 0.0430. The fraction of sp³-hybridized carbons (Fsp3) is 0.0435. The molecule has 0 saturated heterocycles. The van der Waals surface area contributed by atoms with Crippen LogP contribution in [-0.2, 0) is 14.9 Å². The number of hydrogen-bond acceptors (Lipinski definition) is 5. The molecular formula is C23H17BrN2O4S. The zero-order chi connectivity index (χ0) is 22.0. The average molecular weight is 497 g/mol. The summed E-state index contributed by atoms with van der Waals surface area (Å²) in [4.78, 5) is 13.0. The molecule has 8 heteroatoms. The molecule has 0 atom stereocenters. The first-order valence-electron chi connectivity index (χ1n) is 9.31. The number of hydrogen-bond donors (Lipinski definition) is 0. The molecule has 3 aromatic carbocycles. The Balaban J connectivity index is 1.71. The van der Waals surface area contributed by atoms with Crippen molar-refractivity contribution in [3.63, 3.8) is 0 Å². The van der Waals surface area contributed by atoms with Gasteiger partial charge in [0.2, 0.25) is 0 Å². The normalized spacial score (nSPS) is 15.3. The van der Waals surface area contributed by atoms with Gasteiger partial charge in [-0.15, -0.1) is 0 Å². The molecule has 0 bridgehead atoms. The molecule has 0 spiro atoms. The number of anilines is 1. The molecule has 0 fully saturated rings. The van der Waals surface area contributed by atoms with Gasteiger partial charge in [0, 0.05) is 10.0 Å². The Morgan fingerprint density at radius 1 is 0.968 bits per heavy atom. The van der Waals surface area contributed by atoms with Crippen LogP contribution in [0, 0.1) is 0 Å². The summed E-state index contributed by atoms with van der Waals surface area (Å²) in [5, 5.41) is 5.67. The molecule has 0 unspecified atom stereocenters. The molecule has 0 aliphatic carbocycles. The third-order valence-corrected chi connectivity index (χ3v) is 6.31. The van der Waals surface area contributed by atoms with Crippen LogP contribution in [0.15, 0.2) is 98.9 Å². The zero-order valence-corrected chi connectivity index (χ0v) is 18.8. The average Bonchev–Trinajstić information content (AvgIpc) is 3.05. The van der Waals surface area contributed by atoms with E-state index in [1.807, 2.05) is 18.2 Å². The second kappa shape index (κ2) is 8.49. The summed E-state index contributed by atoms with van der Waals surface area (Å²) >= 11 is 3.39. The minimum Gasteiger partial charge on any atom is -0.378 e. The first-order valence-corrected chi connectivity index (χ1v) is 11.5. The van der Waals surface area contributed by atoms with Gasteiger partial charge in [-0.1, -0.05) is 52.3 Å². The zero-order valence-electron chi connectivity index (χ0n) is 16.4. The van der Waals surface area contributed by atoms with Crippen molar-refractivity contribution in [1.29, 1.82) is 0 Å². The largest absolute Gasteiger partial charge is 0.378 e. The molecule has 31 heavy (non-hydrogen) atoms. The van der Waals surface area contributed by atoms with E-state index in [4.69, 9.17) is 4.18 Å². The number of rotatable bonds is 5. The van der Waals surface area contributed by atoms with E-state index in [9.17, 15) is 13.2 Å². The maximum atomic E-state index is 13.0. The van der Waals surface area contributed by atoms with Gasteiger partial charge in [0.1, 0.15) is 10.6 Å². The van der Waals surface area contributed by atoms with Crippen LogP contribution in [0.5, 0.6) is 5.75 Å². The lowest BCUT2D eigenvalue weighted by Gasteiger charge is -2.12. The Labute approximate surface area is 188 Å². The van der Waals surface area contributed by atoms with Gasteiger partial charge in [-0.3, -0.25) is 4.79 Å². The quantitative estimate of drug-likeness (QED) is 0.366. The number of benzene rings is 3. The summed E-state index contributed by atoms with van der Waals surface area (Å²) < 4.78 is 31.5. The number of amides is 1. The topological polar surface area (TPSA) is 76.0 Å². The fourth-order valence-corrected chi connectivity index (χ4v) is 4.40. The molecule has 0 saturated carbocycles. The number of carbonyl (C=O) groups excluding carboxylic acids is 1. The van der Waals surface area contributed by atoms with E-state index in [0.29, 0.717) is 27.0 Å². The summed E-state index contributed by atoms with van der Waals surface area (Å²) in [6.07, 6.45) is 1.59. The van der Waals surface area contributed by atoms with Crippen molar-refractivity contribution in [3.8, 4) is 5.75 Å². The third kappa shape index (κ3) is 4.45. The maximum Gasteiger partial charge on any atom is 0.339 e. The van der Waals surface area contributed by atoms with Crippen molar-refractivity contribution in [2.24, 2.45) is 5.10 Å². The molecule has 6 nitrogen and oxygen atoms in total. The number of halogens is 1. The highest BCUT2D eigenvalue weighted by molar-refractivity contribution is 9.10. The van der Waals surface area contributed by atoms with Gasteiger partial charge >= 0.3 is 10.1 Å². The number of nitrogens with zero attached hydrogens (tertiary/aromatic N) is 2. The molecule has 1 amide bonds. The lowest BCUT2D eigenvalue weighted by Crippen LogP contribution is -2.21. The van der Waals surface area contributed by atoms with Crippen molar-refractivity contribution in [2.45, 2.75) is 11.8 Å². The molecule has 4 rings (SSSR count). The van der Waals surface area contributed by atoms with Gasteiger partial charge in [-0.2, -0.15) is 18.5 Å². The monoisotopic (exact) mass is 496 g/mol. The van der Waals surface area contributed by atoms with Gasteiger partial charge in [0.05, 0.1) is 17.0 Å². The molecular weight excluding hydrogens is 480 g/mol. The van der Waals surface area contributed by atoms with Crippen molar-refractivity contribution < 1.29 is 17.4 Å². The molecule has 1 aliphatic rings. The van der Waals surface area contributed by atoms with E-state index in [-0.39, 0.29) is 16.6 Å². The summed E-state index contributed by atoms with van der Waals surface area (Å²) in [5.74, 6) is -0.196. The Morgan fingerprint density at radius 2 is 1.61 bits per heavy atom. The highest BCUT2D eigenvalue weighted by Gasteiger charge is 2.29. The van der Waals surface area contributed by atoms with Crippen molar-refractivity contribution in [2.75, 3.05) is 5.01 Å². The highest BCUT2D eigenvalue weighted by Crippen LogP contribution is 2.31. The van der Waals surface area contributed by atoms with Crippen LogP contribution in [0.2, 0.25) is 0 Å². The first-order chi connectivity index (χ1) is 14.8. The Bertz CT molecular complexity index is 1300. The summed E-state index contributed by atoms with van der Waals surface area (Å²) in [6.45, 7) is 1.73. The predicted octanol–water partition coefficient (Wildman–Crippen LogP) is 5.02. The number of para-hydroxylation sites is 1. The van der Waals surface area contributed by atoms with Crippen LogP contribution in [0.4, 0.5) is 5.69 Å². The van der Waals surface area contributed by atoms with E-state index in [0.717, 1.165) is 0 Å². The number of hydrazone groups is 1. The molecule has 3 aromatic rings. The third-order valence-electron chi connectivity index (χ3n) is 4.57. The van der Waals surface area contributed by atoms with Gasteiger partial charge in [0.25, 0.3) is 5.91 Å². The van der Waals surface area contributed by atoms with Gasteiger partial charge in [0.15, 0.2) is 0 Å². The van der Waals surface area contributed by atoms with Crippen LogP contribution >= 0.6 is 15.9 Å². The van der Waals surface area contributed by atoms with Crippen molar-refractivity contribution in [1.82, 2.24) is 0 Å². The molecule has 1 aliphatic heterocycles. The van der Waals surface area contributed by atoms with E-state index in [1.54, 1.807) is 55.5 Å². The van der Waals surface area contributed by atoms with Crippen LogP contribution in [0.1, 0.15) is 12.5 Å². The Hall–Kier alpha value is -3.23. The molecule has 0 N–H and O–H groups in total. The lowest BCUT2D eigenvalue weighted by atomic mass is 10.1. The van der Waals surface area contributed by atoms with Crippen molar-refractivity contribution in [3.05, 3.63) is 94.5 Å². The number of carbonyl (C=O) groups is 1. The molecule has 156 valence electrons. The summed E-state index contributed by atoms with van der Waals surface area (Å²) in [7, 11) is -4.03. The Kier molecular flexibility index (Phi) is 5.75. The first kappa shape index (κ1) is 21.0. The SMILES string of the molecule is CC1=NN(c2ccccc2)C(=O)/C1=C/c1cc(Br)ccc1OS(=O)(=O)c1ccccc1. The fourth-order valence-electron chi connectivity index (χ4n) is 3.05. The summed E-state index contributed by atoms with van der Waals surface area (Å²) in [5.41, 5.74) is 1.95. The predicted molar refractivity (Wildman–Crippen MR) is 123 cm³/mol. The van der Waals surface area contributed by atoms with E-state index in [1.165, 1.54) is 23.2 Å².